The van der Waals surface area contributed by atoms with Gasteiger partial charge in [0.05, 0.1) is 29.3 Å². The summed E-state index contributed by atoms with van der Waals surface area (Å²) in [5.74, 6) is -1.48. The molecular weight excluding hydrogens is 568 g/mol. The van der Waals surface area contributed by atoms with Gasteiger partial charge in [0, 0.05) is 34.4 Å². The lowest BCUT2D eigenvalue weighted by Gasteiger charge is -2.13. The Balaban J connectivity index is 1.50. The minimum atomic E-state index is -1.33. The van der Waals surface area contributed by atoms with Crippen LogP contribution in [-0.2, 0) is 4.79 Å². The van der Waals surface area contributed by atoms with Crippen LogP contribution >= 0.6 is 58.0 Å². The first-order chi connectivity index (χ1) is 17.0. The number of halogens is 5. The highest BCUT2D eigenvalue weighted by Crippen LogP contribution is 2.65. The average Bonchev–Trinajstić information content (AvgIpc) is 3.41. The third kappa shape index (κ3) is 5.48. The second-order valence-electron chi connectivity index (χ2n) is 8.14. The van der Waals surface area contributed by atoms with Gasteiger partial charge in [-0.05, 0) is 60.2 Å². The van der Waals surface area contributed by atoms with Gasteiger partial charge in [0.15, 0.2) is 0 Å². The predicted octanol–water partition coefficient (Wildman–Crippen LogP) is 7.48. The number of methoxy groups -OCH3 is 1. The molecule has 0 spiro atoms. The van der Waals surface area contributed by atoms with Crippen LogP contribution in [0, 0.1) is 5.92 Å². The lowest BCUT2D eigenvalue weighted by Crippen LogP contribution is -2.18. The number of ether oxygens (including phenoxy) is 1. The van der Waals surface area contributed by atoms with Gasteiger partial charge in [0.25, 0.3) is 5.91 Å². The van der Waals surface area contributed by atoms with Crippen LogP contribution in [0.2, 0.25) is 15.1 Å². The highest BCUT2D eigenvalue weighted by atomic mass is 35.5. The summed E-state index contributed by atoms with van der Waals surface area (Å²) in [6.07, 6.45) is 0. The zero-order valence-electron chi connectivity index (χ0n) is 19.0. The molecule has 36 heavy (non-hydrogen) atoms. The smallest absolute Gasteiger partial charge is 0.257 e. The van der Waals surface area contributed by atoms with Gasteiger partial charge in [0.1, 0.15) is 10.1 Å². The normalized spacial score (nSPS) is 17.8. The molecule has 1 aliphatic carbocycles. The van der Waals surface area contributed by atoms with E-state index >= 15 is 0 Å². The van der Waals surface area contributed by atoms with Crippen LogP contribution in [-0.4, -0.2) is 30.3 Å². The number of alkyl halides is 2. The van der Waals surface area contributed by atoms with Gasteiger partial charge in [-0.15, -0.1) is 23.2 Å². The molecule has 3 aromatic carbocycles. The Kier molecular flexibility index (Phi) is 7.83. The van der Waals surface area contributed by atoms with Crippen LogP contribution in [0.1, 0.15) is 21.8 Å². The lowest BCUT2D eigenvalue weighted by atomic mass is 10.1. The molecular formula is C25H20Cl5N3O3. The second-order valence-corrected chi connectivity index (χ2v) is 10.9. The lowest BCUT2D eigenvalue weighted by molar-refractivity contribution is -0.117. The number of hydrogen-bond donors (Lipinski definition) is 3. The molecule has 6 nitrogen and oxygen atoms in total. The molecule has 0 aliphatic heterocycles. The van der Waals surface area contributed by atoms with E-state index in [1.54, 1.807) is 56.6 Å². The summed E-state index contributed by atoms with van der Waals surface area (Å²) in [7, 11) is 3.30. The molecule has 1 saturated carbocycles. The molecule has 3 aromatic rings. The Morgan fingerprint density at radius 2 is 1.53 bits per heavy atom. The van der Waals surface area contributed by atoms with Gasteiger partial charge < -0.3 is 20.7 Å². The maximum atomic E-state index is 13.0. The Bertz CT molecular complexity index is 1330. The summed E-state index contributed by atoms with van der Waals surface area (Å²) in [5, 5.41) is 9.61. The van der Waals surface area contributed by atoms with E-state index in [4.69, 9.17) is 62.7 Å². The molecule has 188 valence electrons. The van der Waals surface area contributed by atoms with Gasteiger partial charge in [-0.25, -0.2) is 0 Å². The number of hydrogen-bond acceptors (Lipinski definition) is 4. The minimum absolute atomic E-state index is 0.174. The zero-order valence-corrected chi connectivity index (χ0v) is 22.7. The molecule has 0 radical (unpaired) electrons. The fourth-order valence-corrected chi connectivity index (χ4v) is 5.57. The third-order valence-electron chi connectivity index (χ3n) is 5.79. The minimum Gasteiger partial charge on any atom is -0.495 e. The van der Waals surface area contributed by atoms with Crippen LogP contribution in [0.4, 0.5) is 17.1 Å². The molecule has 0 unspecified atom stereocenters. The molecule has 2 atom stereocenters. The van der Waals surface area contributed by atoms with Gasteiger partial charge in [0.2, 0.25) is 5.91 Å². The molecule has 0 saturated heterocycles. The van der Waals surface area contributed by atoms with E-state index in [-0.39, 0.29) is 10.6 Å². The van der Waals surface area contributed by atoms with Crippen molar-refractivity contribution in [3.8, 4) is 5.75 Å². The highest BCUT2D eigenvalue weighted by molar-refractivity contribution is 6.53. The third-order valence-corrected chi connectivity index (χ3v) is 7.49. The van der Waals surface area contributed by atoms with Crippen LogP contribution in [0.15, 0.2) is 54.6 Å². The van der Waals surface area contributed by atoms with Crippen LogP contribution in [0.25, 0.3) is 0 Å². The van der Waals surface area contributed by atoms with Crippen molar-refractivity contribution in [2.45, 2.75) is 10.3 Å². The highest BCUT2D eigenvalue weighted by Gasteiger charge is 2.67. The van der Waals surface area contributed by atoms with E-state index in [1.165, 1.54) is 12.1 Å². The molecule has 2 amide bonds. The Labute approximate surface area is 233 Å². The predicted molar refractivity (Wildman–Crippen MR) is 148 cm³/mol. The molecule has 0 heterocycles. The van der Waals surface area contributed by atoms with Crippen LogP contribution < -0.4 is 20.7 Å². The summed E-state index contributed by atoms with van der Waals surface area (Å²) >= 11 is 31.3. The summed E-state index contributed by atoms with van der Waals surface area (Å²) < 4.78 is 3.94. The first-order valence-electron chi connectivity index (χ1n) is 10.7. The molecule has 0 aromatic heterocycles. The van der Waals surface area contributed by atoms with Crippen molar-refractivity contribution in [2.24, 2.45) is 5.92 Å². The standard InChI is InChI=1S/C25H20Cl5N3O3/c1-31-19-11-16(4-6-20(19)36-2)32-23(34)17-10-15(3-5-18(17)28)33-24(35)22-21(25(22,29)30)12-7-13(26)9-14(27)8-12/h3-11,21-22,31H,1-2H3,(H,32,34)(H,33,35)/t21-,22+/m0/s1. The first-order valence-corrected chi connectivity index (χ1v) is 12.6. The van der Waals surface area contributed by atoms with E-state index in [0.29, 0.717) is 38.4 Å². The van der Waals surface area contributed by atoms with E-state index in [1.807, 2.05) is 0 Å². The molecule has 0 bridgehead atoms. The largest absolute Gasteiger partial charge is 0.495 e. The topological polar surface area (TPSA) is 79.5 Å². The first kappa shape index (κ1) is 26.7. The number of anilines is 3. The quantitative estimate of drug-likeness (QED) is 0.251. The SMILES string of the molecule is CNc1cc(NC(=O)c2cc(NC(=O)[C@H]3[C@H](c4cc(Cl)cc(Cl)c4)C3(Cl)Cl)ccc2Cl)ccc1OC. The Morgan fingerprint density at radius 1 is 0.889 bits per heavy atom. The summed E-state index contributed by atoms with van der Waals surface area (Å²) in [5.41, 5.74) is 2.43. The van der Waals surface area contributed by atoms with Crippen molar-refractivity contribution in [1.82, 2.24) is 0 Å². The fraction of sp³-hybridized carbons (Fsp3) is 0.200. The molecule has 4 rings (SSSR count). The van der Waals surface area contributed by atoms with Gasteiger partial charge >= 0.3 is 0 Å². The van der Waals surface area contributed by atoms with E-state index in [9.17, 15) is 9.59 Å². The Morgan fingerprint density at radius 3 is 2.17 bits per heavy atom. The van der Waals surface area contributed by atoms with E-state index < -0.39 is 28.0 Å². The Hall–Kier alpha value is -2.35. The van der Waals surface area contributed by atoms with Gasteiger partial charge in [-0.1, -0.05) is 34.8 Å². The molecule has 11 heteroatoms. The van der Waals surface area contributed by atoms with Gasteiger partial charge in [-0.3, -0.25) is 9.59 Å². The number of rotatable bonds is 7. The van der Waals surface area contributed by atoms with Crippen molar-refractivity contribution >= 4 is 86.9 Å². The molecule has 1 fully saturated rings. The van der Waals surface area contributed by atoms with Crippen molar-refractivity contribution < 1.29 is 14.3 Å². The van der Waals surface area contributed by atoms with E-state index in [2.05, 4.69) is 16.0 Å². The van der Waals surface area contributed by atoms with Gasteiger partial charge in [-0.2, -0.15) is 0 Å². The number of carbonyl (C=O) groups is 2. The maximum Gasteiger partial charge on any atom is 0.257 e. The molecule has 1 aliphatic rings. The maximum absolute atomic E-state index is 13.0. The van der Waals surface area contributed by atoms with Crippen LogP contribution in [0.5, 0.6) is 5.75 Å². The summed E-state index contributed by atoms with van der Waals surface area (Å²) in [6.45, 7) is 0. The number of carbonyl (C=O) groups excluding carboxylic acids is 2. The number of amides is 2. The van der Waals surface area contributed by atoms with Crippen molar-refractivity contribution in [1.29, 1.82) is 0 Å². The summed E-state index contributed by atoms with van der Waals surface area (Å²) in [6, 6.07) is 14.7. The second kappa shape index (κ2) is 10.6. The summed E-state index contributed by atoms with van der Waals surface area (Å²) in [4.78, 5) is 26.0. The number of benzene rings is 3. The number of nitrogens with one attached hydrogen (secondary N) is 3. The monoisotopic (exact) mass is 585 g/mol. The van der Waals surface area contributed by atoms with Crippen molar-refractivity contribution in [3.05, 3.63) is 80.8 Å². The average molecular weight is 588 g/mol. The zero-order chi connectivity index (χ0) is 26.2. The van der Waals surface area contributed by atoms with Crippen molar-refractivity contribution in [3.63, 3.8) is 0 Å². The van der Waals surface area contributed by atoms with Crippen LogP contribution in [0.3, 0.4) is 0 Å². The van der Waals surface area contributed by atoms with E-state index in [0.717, 1.165) is 0 Å². The fourth-order valence-electron chi connectivity index (χ4n) is 4.00. The molecule has 3 N–H and O–H groups in total. The van der Waals surface area contributed by atoms with Crippen molar-refractivity contribution in [2.75, 3.05) is 30.1 Å².